The van der Waals surface area contributed by atoms with Crippen LogP contribution in [0.2, 0.25) is 0 Å². The molecule has 1 aliphatic heterocycles. The lowest BCUT2D eigenvalue weighted by Gasteiger charge is -2.34. The second kappa shape index (κ2) is 11.5. The van der Waals surface area contributed by atoms with Crippen molar-refractivity contribution in [3.8, 4) is 0 Å². The van der Waals surface area contributed by atoms with E-state index in [2.05, 4.69) is 4.90 Å². The summed E-state index contributed by atoms with van der Waals surface area (Å²) in [5.41, 5.74) is 5.77. The zero-order valence-corrected chi connectivity index (χ0v) is 15.0. The molecular formula is C14H31Cl2N3O2. The average molecular weight is 344 g/mol. The molecule has 0 radical (unpaired) electrons. The first kappa shape index (κ1) is 23.2. The lowest BCUT2D eigenvalue weighted by Crippen LogP contribution is -2.45. The van der Waals surface area contributed by atoms with Crippen LogP contribution in [0.1, 0.15) is 33.1 Å². The maximum Gasteiger partial charge on any atom is 0.239 e. The molecule has 1 aliphatic rings. The van der Waals surface area contributed by atoms with E-state index in [1.165, 1.54) is 0 Å². The van der Waals surface area contributed by atoms with Gasteiger partial charge in [-0.2, -0.15) is 0 Å². The maximum absolute atomic E-state index is 11.9. The van der Waals surface area contributed by atoms with Crippen molar-refractivity contribution in [2.45, 2.75) is 45.3 Å². The number of aliphatic hydroxyl groups is 1. The van der Waals surface area contributed by atoms with E-state index in [9.17, 15) is 9.90 Å². The first-order valence-electron chi connectivity index (χ1n) is 7.35. The van der Waals surface area contributed by atoms with Crippen LogP contribution < -0.4 is 5.73 Å². The predicted molar refractivity (Wildman–Crippen MR) is 91.2 cm³/mol. The molecule has 0 aromatic carbocycles. The number of aliphatic hydroxyl groups excluding tert-OH is 1. The molecule has 1 amide bonds. The number of likely N-dealkylation sites (tertiary alicyclic amines) is 1. The number of halogens is 2. The van der Waals surface area contributed by atoms with Crippen molar-refractivity contribution in [2.75, 3.05) is 33.2 Å². The zero-order valence-electron chi connectivity index (χ0n) is 13.3. The predicted octanol–water partition coefficient (Wildman–Crippen LogP) is 1.12. The zero-order chi connectivity index (χ0) is 14.4. The quantitative estimate of drug-likeness (QED) is 0.758. The third-order valence-corrected chi connectivity index (χ3v) is 3.89. The normalized spacial score (nSPS) is 19.1. The van der Waals surface area contributed by atoms with Gasteiger partial charge < -0.3 is 20.6 Å². The Hall–Kier alpha value is -0.0700. The summed E-state index contributed by atoms with van der Waals surface area (Å²) in [4.78, 5) is 16.0. The lowest BCUT2D eigenvalue weighted by atomic mass is 9.96. The summed E-state index contributed by atoms with van der Waals surface area (Å²) in [6, 6.07) is -0.361. The van der Waals surface area contributed by atoms with Gasteiger partial charge in [-0.1, -0.05) is 6.92 Å². The fourth-order valence-electron chi connectivity index (χ4n) is 2.66. The van der Waals surface area contributed by atoms with Crippen molar-refractivity contribution in [1.29, 1.82) is 0 Å². The molecule has 3 N–H and O–H groups in total. The van der Waals surface area contributed by atoms with Crippen molar-refractivity contribution in [2.24, 2.45) is 11.7 Å². The van der Waals surface area contributed by atoms with Gasteiger partial charge in [0.25, 0.3) is 0 Å². The maximum atomic E-state index is 11.9. The van der Waals surface area contributed by atoms with E-state index in [1.807, 2.05) is 20.9 Å². The van der Waals surface area contributed by atoms with Crippen LogP contribution in [0.4, 0.5) is 0 Å². The van der Waals surface area contributed by atoms with Crippen LogP contribution in [0.5, 0.6) is 0 Å². The molecule has 0 spiro atoms. The molecule has 1 fully saturated rings. The summed E-state index contributed by atoms with van der Waals surface area (Å²) in [7, 11) is 1.85. The molecule has 0 aliphatic carbocycles. The molecule has 0 bridgehead atoms. The van der Waals surface area contributed by atoms with Gasteiger partial charge in [0.15, 0.2) is 0 Å². The number of nitrogens with zero attached hydrogens (tertiary/aromatic N) is 2. The van der Waals surface area contributed by atoms with Crippen molar-refractivity contribution in [3.63, 3.8) is 0 Å². The molecular weight excluding hydrogens is 313 g/mol. The molecule has 128 valence electrons. The molecule has 0 aromatic rings. The number of β-amino-alcohol motifs (C(OH)–C–C–N with tert-alkyl or cyclic N) is 1. The topological polar surface area (TPSA) is 69.8 Å². The van der Waals surface area contributed by atoms with E-state index >= 15 is 0 Å². The van der Waals surface area contributed by atoms with Gasteiger partial charge in [-0.15, -0.1) is 24.8 Å². The fraction of sp³-hybridized carbons (Fsp3) is 0.929. The smallest absolute Gasteiger partial charge is 0.239 e. The van der Waals surface area contributed by atoms with Gasteiger partial charge in [0.2, 0.25) is 5.91 Å². The third-order valence-electron chi connectivity index (χ3n) is 3.89. The van der Waals surface area contributed by atoms with E-state index in [-0.39, 0.29) is 42.9 Å². The summed E-state index contributed by atoms with van der Waals surface area (Å²) in [5.74, 6) is 0.608. The van der Waals surface area contributed by atoms with Crippen molar-refractivity contribution in [3.05, 3.63) is 0 Å². The van der Waals surface area contributed by atoms with Crippen molar-refractivity contribution >= 4 is 30.7 Å². The largest absolute Gasteiger partial charge is 0.392 e. The Morgan fingerprint density at radius 1 is 1.38 bits per heavy atom. The van der Waals surface area contributed by atoms with E-state index in [0.29, 0.717) is 12.3 Å². The van der Waals surface area contributed by atoms with Gasteiger partial charge >= 0.3 is 0 Å². The van der Waals surface area contributed by atoms with Gasteiger partial charge in [-0.25, -0.2) is 0 Å². The Labute approximate surface area is 141 Å². The van der Waals surface area contributed by atoms with E-state index in [0.717, 1.165) is 39.0 Å². The second-order valence-corrected chi connectivity index (χ2v) is 5.83. The highest BCUT2D eigenvalue weighted by Gasteiger charge is 2.24. The van der Waals surface area contributed by atoms with Crippen LogP contribution in [-0.4, -0.2) is 66.2 Å². The minimum atomic E-state index is -0.361. The van der Waals surface area contributed by atoms with Crippen LogP contribution in [0.25, 0.3) is 0 Å². The summed E-state index contributed by atoms with van der Waals surface area (Å²) in [6.07, 6.45) is 2.61. The van der Waals surface area contributed by atoms with Gasteiger partial charge in [0, 0.05) is 20.1 Å². The molecule has 7 heteroatoms. The minimum absolute atomic E-state index is 0. The van der Waals surface area contributed by atoms with Gasteiger partial charge in [-0.05, 0) is 45.2 Å². The monoisotopic (exact) mass is 343 g/mol. The summed E-state index contributed by atoms with van der Waals surface area (Å²) in [5, 5.41) is 9.37. The van der Waals surface area contributed by atoms with Crippen LogP contribution in [0.3, 0.4) is 0 Å². The Morgan fingerprint density at radius 2 is 1.90 bits per heavy atom. The van der Waals surface area contributed by atoms with Gasteiger partial charge in [-0.3, -0.25) is 4.79 Å². The summed E-state index contributed by atoms with van der Waals surface area (Å²) >= 11 is 0. The first-order chi connectivity index (χ1) is 8.93. The Balaban J connectivity index is 0. The van der Waals surface area contributed by atoms with E-state index < -0.39 is 0 Å². The number of hydrogen-bond donors (Lipinski definition) is 2. The molecule has 0 saturated carbocycles. The third kappa shape index (κ3) is 8.21. The lowest BCUT2D eigenvalue weighted by molar-refractivity contribution is -0.132. The highest BCUT2D eigenvalue weighted by molar-refractivity contribution is 5.85. The number of nitrogens with two attached hydrogens (primary N) is 1. The molecule has 1 unspecified atom stereocenters. The number of rotatable bonds is 6. The highest BCUT2D eigenvalue weighted by Crippen LogP contribution is 2.18. The van der Waals surface area contributed by atoms with Gasteiger partial charge in [0.1, 0.15) is 0 Å². The number of carbonyl (C=O) groups is 1. The van der Waals surface area contributed by atoms with Crippen LogP contribution in [0, 0.1) is 5.92 Å². The number of piperidine rings is 1. The van der Waals surface area contributed by atoms with Crippen LogP contribution in [0.15, 0.2) is 0 Å². The Morgan fingerprint density at radius 3 is 2.33 bits per heavy atom. The summed E-state index contributed by atoms with van der Waals surface area (Å²) in [6.45, 7) is 7.34. The first-order valence-corrected chi connectivity index (χ1v) is 7.35. The Bertz CT molecular complexity index is 285. The number of likely N-dealkylation sites (N-methyl/N-ethyl adjacent to an activating group) is 1. The average Bonchev–Trinajstić information content (AvgIpc) is 2.38. The second-order valence-electron chi connectivity index (χ2n) is 5.83. The van der Waals surface area contributed by atoms with Crippen molar-refractivity contribution in [1.82, 2.24) is 9.80 Å². The van der Waals surface area contributed by atoms with E-state index in [4.69, 9.17) is 5.73 Å². The minimum Gasteiger partial charge on any atom is -0.392 e. The van der Waals surface area contributed by atoms with E-state index in [1.54, 1.807) is 4.90 Å². The number of amides is 1. The highest BCUT2D eigenvalue weighted by atomic mass is 35.5. The molecule has 1 saturated heterocycles. The molecule has 1 heterocycles. The number of hydrogen-bond acceptors (Lipinski definition) is 4. The van der Waals surface area contributed by atoms with Crippen molar-refractivity contribution < 1.29 is 9.90 Å². The fourth-order valence-corrected chi connectivity index (χ4v) is 2.66. The number of carbonyl (C=O) groups excluding carboxylic acids is 1. The molecule has 5 nitrogen and oxygen atoms in total. The molecule has 2 atom stereocenters. The standard InChI is InChI=1S/C14H29N3O2.2ClH/c1-4-13(15)14(19)16(3)10-12-5-7-17(8-6-12)9-11(2)18;;/h11-13,18H,4-10,15H2,1-3H3;2*1H/t11?,13-;;/m0../s1. The molecule has 1 rings (SSSR count). The Kier molecular flexibility index (Phi) is 12.7. The molecule has 21 heavy (non-hydrogen) atoms. The van der Waals surface area contributed by atoms with Gasteiger partial charge in [0.05, 0.1) is 12.1 Å². The summed E-state index contributed by atoms with van der Waals surface area (Å²) < 4.78 is 0. The SMILES string of the molecule is CC[C@H](N)C(=O)N(C)CC1CCN(CC(C)O)CC1.Cl.Cl. The van der Waals surface area contributed by atoms with Crippen LogP contribution >= 0.6 is 24.8 Å². The molecule has 0 aromatic heterocycles. The van der Waals surface area contributed by atoms with Crippen LogP contribution in [-0.2, 0) is 4.79 Å².